The van der Waals surface area contributed by atoms with Crippen LogP contribution in [0.2, 0.25) is 0 Å². The van der Waals surface area contributed by atoms with Crippen molar-refractivity contribution in [3.8, 4) is 0 Å². The van der Waals surface area contributed by atoms with Crippen LogP contribution in [0.1, 0.15) is 47.2 Å². The molecule has 2 aliphatic rings. The second-order valence-electron chi connectivity index (χ2n) is 5.76. The average molecular weight is 338 g/mol. The fraction of sp³-hybridized carbons (Fsp3) is 0.562. The molecule has 108 valence electrons. The number of nitrogens with one attached hydrogen (secondary N) is 1. The van der Waals surface area contributed by atoms with E-state index in [1.54, 1.807) is 0 Å². The number of ether oxygens (including phenoxy) is 1. The molecule has 1 aliphatic carbocycles. The normalized spacial score (nSPS) is 25.2. The van der Waals surface area contributed by atoms with Gasteiger partial charge in [-0.15, -0.1) is 0 Å². The Morgan fingerprint density at radius 1 is 1.25 bits per heavy atom. The van der Waals surface area contributed by atoms with E-state index in [4.69, 9.17) is 4.74 Å². The summed E-state index contributed by atoms with van der Waals surface area (Å²) in [7, 11) is 0. The highest BCUT2D eigenvalue weighted by molar-refractivity contribution is 9.09. The summed E-state index contributed by atoms with van der Waals surface area (Å²) < 4.78 is 5.40. The van der Waals surface area contributed by atoms with E-state index in [0.29, 0.717) is 25.2 Å². The molecule has 1 heterocycles. The van der Waals surface area contributed by atoms with Crippen LogP contribution in [0.3, 0.4) is 0 Å². The Labute approximate surface area is 128 Å². The van der Waals surface area contributed by atoms with Crippen molar-refractivity contribution >= 4 is 21.8 Å². The van der Waals surface area contributed by atoms with Gasteiger partial charge in [-0.1, -0.05) is 34.8 Å². The lowest BCUT2D eigenvalue weighted by molar-refractivity contribution is 0.0911. The van der Waals surface area contributed by atoms with E-state index in [1.807, 2.05) is 18.2 Å². The van der Waals surface area contributed by atoms with Crippen LogP contribution in [-0.2, 0) is 18.0 Å². The Hall–Kier alpha value is -0.870. The summed E-state index contributed by atoms with van der Waals surface area (Å²) in [6.45, 7) is 1.30. The molecule has 3 rings (SSSR count). The number of fused-ring (bicyclic) bond motifs is 1. The van der Waals surface area contributed by atoms with Gasteiger partial charge in [0.1, 0.15) is 0 Å². The third-order valence-corrected chi connectivity index (χ3v) is 5.24. The van der Waals surface area contributed by atoms with Crippen LogP contribution < -0.4 is 5.32 Å². The molecule has 0 bridgehead atoms. The van der Waals surface area contributed by atoms with Crippen molar-refractivity contribution in [1.29, 1.82) is 0 Å². The van der Waals surface area contributed by atoms with Gasteiger partial charge in [0.2, 0.25) is 0 Å². The molecule has 1 aliphatic heterocycles. The number of carbonyl (C=O) groups excluding carboxylic acids is 1. The van der Waals surface area contributed by atoms with E-state index < -0.39 is 0 Å². The lowest BCUT2D eigenvalue weighted by Gasteiger charge is -2.31. The van der Waals surface area contributed by atoms with Crippen molar-refractivity contribution in [1.82, 2.24) is 5.32 Å². The highest BCUT2D eigenvalue weighted by Gasteiger charge is 2.26. The highest BCUT2D eigenvalue weighted by atomic mass is 79.9. The molecule has 2 atom stereocenters. The molecule has 0 saturated heterocycles. The lowest BCUT2D eigenvalue weighted by Crippen LogP contribution is -2.42. The first-order chi connectivity index (χ1) is 9.78. The van der Waals surface area contributed by atoms with E-state index in [1.165, 1.54) is 24.8 Å². The van der Waals surface area contributed by atoms with Gasteiger partial charge in [0, 0.05) is 16.9 Å². The Kier molecular flexibility index (Phi) is 4.41. The number of benzene rings is 1. The first-order valence-corrected chi connectivity index (χ1v) is 8.46. The van der Waals surface area contributed by atoms with E-state index >= 15 is 0 Å². The summed E-state index contributed by atoms with van der Waals surface area (Å²) >= 11 is 3.57. The van der Waals surface area contributed by atoms with Crippen molar-refractivity contribution in [2.24, 2.45) is 5.92 Å². The van der Waals surface area contributed by atoms with Gasteiger partial charge in [-0.25, -0.2) is 0 Å². The molecule has 1 fully saturated rings. The van der Waals surface area contributed by atoms with Crippen LogP contribution >= 0.6 is 15.9 Å². The van der Waals surface area contributed by atoms with Crippen LogP contribution in [0.4, 0.5) is 0 Å². The van der Waals surface area contributed by atoms with Crippen molar-refractivity contribution < 1.29 is 9.53 Å². The monoisotopic (exact) mass is 337 g/mol. The molecular formula is C16H20BrNO2. The molecule has 4 heteroatoms. The first-order valence-electron chi connectivity index (χ1n) is 7.34. The number of halogens is 1. The summed E-state index contributed by atoms with van der Waals surface area (Å²) in [6, 6.07) is 6.21. The second kappa shape index (κ2) is 6.27. The van der Waals surface area contributed by atoms with E-state index in [0.717, 1.165) is 22.9 Å². The van der Waals surface area contributed by atoms with Crippen LogP contribution in [-0.4, -0.2) is 17.3 Å². The number of carbonyl (C=O) groups is 1. The molecule has 3 nitrogen and oxygen atoms in total. The molecule has 0 aromatic heterocycles. The molecule has 1 aromatic rings. The zero-order valence-electron chi connectivity index (χ0n) is 11.5. The fourth-order valence-corrected chi connectivity index (χ4v) is 3.92. The molecule has 1 N–H and O–H groups in total. The maximum Gasteiger partial charge on any atom is 0.251 e. The fourth-order valence-electron chi connectivity index (χ4n) is 3.15. The van der Waals surface area contributed by atoms with Gasteiger partial charge in [0.15, 0.2) is 0 Å². The summed E-state index contributed by atoms with van der Waals surface area (Å²) in [5.41, 5.74) is 3.11. The van der Waals surface area contributed by atoms with Crippen molar-refractivity contribution in [3.05, 3.63) is 34.9 Å². The predicted octanol–water partition coefficient (Wildman–Crippen LogP) is 3.40. The molecule has 0 radical (unpaired) electrons. The maximum atomic E-state index is 12.4. The average Bonchev–Trinajstić information content (AvgIpc) is 2.95. The third-order valence-electron chi connectivity index (χ3n) is 4.41. The minimum atomic E-state index is 0.0533. The smallest absolute Gasteiger partial charge is 0.251 e. The number of hydrogen-bond donors (Lipinski definition) is 1. The largest absolute Gasteiger partial charge is 0.372 e. The number of amides is 1. The quantitative estimate of drug-likeness (QED) is 0.858. The van der Waals surface area contributed by atoms with Crippen LogP contribution in [0, 0.1) is 5.92 Å². The molecule has 2 unspecified atom stereocenters. The number of rotatable bonds is 3. The summed E-state index contributed by atoms with van der Waals surface area (Å²) in [5.74, 6) is 0.614. The molecule has 20 heavy (non-hydrogen) atoms. The topological polar surface area (TPSA) is 38.3 Å². The zero-order chi connectivity index (χ0) is 13.9. The minimum Gasteiger partial charge on any atom is -0.372 e. The van der Waals surface area contributed by atoms with E-state index in [2.05, 4.69) is 21.2 Å². The molecule has 1 aromatic carbocycles. The standard InChI is InChI=1S/C16H20BrNO2/c17-8-12-3-1-2-4-15(12)18-16(19)11-5-6-13-9-20-10-14(13)7-11/h5-7,12,15H,1-4,8-10H2,(H,18,19). The predicted molar refractivity (Wildman–Crippen MR) is 81.9 cm³/mol. The zero-order valence-corrected chi connectivity index (χ0v) is 13.1. The van der Waals surface area contributed by atoms with E-state index in [9.17, 15) is 4.79 Å². The molecule has 1 amide bonds. The van der Waals surface area contributed by atoms with Gasteiger partial charge >= 0.3 is 0 Å². The minimum absolute atomic E-state index is 0.0533. The van der Waals surface area contributed by atoms with Gasteiger partial charge < -0.3 is 10.1 Å². The Bertz CT molecular complexity index is 503. The van der Waals surface area contributed by atoms with Gasteiger partial charge in [-0.3, -0.25) is 4.79 Å². The van der Waals surface area contributed by atoms with Gasteiger partial charge in [0.05, 0.1) is 13.2 Å². The second-order valence-corrected chi connectivity index (χ2v) is 6.40. The van der Waals surface area contributed by atoms with Crippen LogP contribution in [0.25, 0.3) is 0 Å². The lowest BCUT2D eigenvalue weighted by atomic mass is 9.85. The Morgan fingerprint density at radius 2 is 2.05 bits per heavy atom. The molecule has 1 saturated carbocycles. The van der Waals surface area contributed by atoms with Crippen LogP contribution in [0.15, 0.2) is 18.2 Å². The van der Waals surface area contributed by atoms with Gasteiger partial charge in [-0.2, -0.15) is 0 Å². The molecular weight excluding hydrogens is 318 g/mol. The van der Waals surface area contributed by atoms with E-state index in [-0.39, 0.29) is 5.91 Å². The van der Waals surface area contributed by atoms with Crippen molar-refractivity contribution in [3.63, 3.8) is 0 Å². The SMILES string of the molecule is O=C(NC1CCCCC1CBr)c1ccc2c(c1)COC2. The first kappa shape index (κ1) is 14.1. The summed E-state index contributed by atoms with van der Waals surface area (Å²) in [4.78, 5) is 12.4. The Morgan fingerprint density at radius 3 is 2.90 bits per heavy atom. The highest BCUT2D eigenvalue weighted by Crippen LogP contribution is 2.26. The summed E-state index contributed by atoms with van der Waals surface area (Å²) in [6.07, 6.45) is 4.79. The van der Waals surface area contributed by atoms with Gasteiger partial charge in [-0.05, 0) is 42.0 Å². The molecule has 0 spiro atoms. The Balaban J connectivity index is 1.69. The number of alkyl halides is 1. The van der Waals surface area contributed by atoms with Gasteiger partial charge in [0.25, 0.3) is 5.91 Å². The van der Waals surface area contributed by atoms with Crippen molar-refractivity contribution in [2.75, 3.05) is 5.33 Å². The number of hydrogen-bond acceptors (Lipinski definition) is 2. The van der Waals surface area contributed by atoms with Crippen molar-refractivity contribution in [2.45, 2.75) is 44.9 Å². The summed E-state index contributed by atoms with van der Waals surface area (Å²) in [5, 5.41) is 4.19. The maximum absolute atomic E-state index is 12.4. The van der Waals surface area contributed by atoms with Crippen LogP contribution in [0.5, 0.6) is 0 Å². The third kappa shape index (κ3) is 2.91.